The minimum Gasteiger partial charge on any atom is -0.494 e. The van der Waals surface area contributed by atoms with Gasteiger partial charge in [-0.25, -0.2) is 0 Å². The van der Waals surface area contributed by atoms with Crippen molar-refractivity contribution in [2.24, 2.45) is 5.73 Å². The molecule has 0 saturated heterocycles. The average Bonchev–Trinajstić information content (AvgIpc) is 2.63. The Morgan fingerprint density at radius 3 is 2.24 bits per heavy atom. The van der Waals surface area contributed by atoms with Crippen molar-refractivity contribution in [3.63, 3.8) is 0 Å². The molecule has 0 amide bonds. The van der Waals surface area contributed by atoms with E-state index in [1.807, 2.05) is 24.3 Å². The minimum absolute atomic E-state index is 0.206. The normalized spacial score (nSPS) is 12.4. The smallest absolute Gasteiger partial charge is 0.119 e. The molecule has 0 fully saturated rings. The maximum absolute atomic E-state index is 9.22. The second-order valence-electron chi connectivity index (χ2n) is 8.00. The molecular weight excluding hydrogens is 330 g/mol. The van der Waals surface area contributed by atoms with Crippen molar-refractivity contribution in [1.29, 1.82) is 0 Å². The first-order valence-corrected chi connectivity index (χ1v) is 13.0. The van der Waals surface area contributed by atoms with Crippen LogP contribution in [0.1, 0.15) is 38.2 Å². The van der Waals surface area contributed by atoms with Crippen molar-refractivity contribution in [3.05, 3.63) is 29.8 Å². The maximum atomic E-state index is 9.22. The molecule has 0 aromatic heterocycles. The molecule has 0 unspecified atom stereocenters. The number of hydrogen-bond donors (Lipinski definition) is 3. The molecule has 0 aliphatic carbocycles. The van der Waals surface area contributed by atoms with Gasteiger partial charge in [0.1, 0.15) is 5.75 Å². The number of aliphatic hydroxyl groups excluding tert-OH is 2. The summed E-state index contributed by atoms with van der Waals surface area (Å²) in [5, 5.41) is 18.4. The van der Waals surface area contributed by atoms with Crippen LogP contribution in [0.4, 0.5) is 0 Å². The first-order valence-electron chi connectivity index (χ1n) is 9.56. The van der Waals surface area contributed by atoms with Gasteiger partial charge in [0.25, 0.3) is 0 Å². The van der Waals surface area contributed by atoms with Crippen molar-refractivity contribution in [2.75, 3.05) is 19.8 Å². The number of unbranched alkanes of at least 4 members (excludes halogenated alkanes) is 2. The number of rotatable bonds is 13. The monoisotopic (exact) mass is 367 g/mol. The predicted octanol–water partition coefficient (Wildman–Crippen LogP) is 3.58. The fourth-order valence-corrected chi connectivity index (χ4v) is 4.16. The van der Waals surface area contributed by atoms with E-state index in [1.165, 1.54) is 24.9 Å². The Kier molecular flexibility index (Phi) is 9.72. The zero-order valence-corrected chi connectivity index (χ0v) is 17.3. The Morgan fingerprint density at radius 1 is 1.04 bits per heavy atom. The van der Waals surface area contributed by atoms with Gasteiger partial charge in [-0.05, 0) is 37.0 Å². The summed E-state index contributed by atoms with van der Waals surface area (Å²) in [6.45, 7) is 7.63. The summed E-state index contributed by atoms with van der Waals surface area (Å²) < 4.78 is 5.81. The molecule has 1 aromatic rings. The number of nitrogens with two attached hydrogens (primary N) is 1. The molecule has 5 heteroatoms. The van der Waals surface area contributed by atoms with E-state index in [0.717, 1.165) is 30.8 Å². The molecule has 0 aliphatic heterocycles. The zero-order valence-electron chi connectivity index (χ0n) is 16.3. The first-order chi connectivity index (χ1) is 11.8. The molecule has 1 aromatic carbocycles. The summed E-state index contributed by atoms with van der Waals surface area (Å²) in [5.41, 5.74) is 6.13. The van der Waals surface area contributed by atoms with Gasteiger partial charge in [-0.3, -0.25) is 0 Å². The topological polar surface area (TPSA) is 75.7 Å². The van der Waals surface area contributed by atoms with Crippen molar-refractivity contribution in [2.45, 2.75) is 69.7 Å². The van der Waals surface area contributed by atoms with Crippen LogP contribution in [-0.2, 0) is 6.42 Å². The summed E-state index contributed by atoms with van der Waals surface area (Å²) in [6.07, 6.45) is 4.96. The molecule has 0 bridgehead atoms. The molecule has 0 radical (unpaired) electrons. The van der Waals surface area contributed by atoms with Crippen LogP contribution in [0, 0.1) is 0 Å². The molecule has 0 spiro atoms. The highest BCUT2D eigenvalue weighted by Gasteiger charge is 2.22. The van der Waals surface area contributed by atoms with E-state index in [-0.39, 0.29) is 13.2 Å². The number of hydrogen-bond acceptors (Lipinski definition) is 4. The Labute approximate surface area is 154 Å². The van der Waals surface area contributed by atoms with E-state index in [1.54, 1.807) is 0 Å². The number of aryl methyl sites for hydroxylation is 1. The largest absolute Gasteiger partial charge is 0.494 e. The fourth-order valence-electron chi connectivity index (χ4n) is 2.60. The van der Waals surface area contributed by atoms with Gasteiger partial charge in [-0.1, -0.05) is 57.1 Å². The van der Waals surface area contributed by atoms with Gasteiger partial charge in [0.05, 0.1) is 25.4 Å². The first kappa shape index (κ1) is 22.2. The van der Waals surface area contributed by atoms with Crippen LogP contribution in [0.5, 0.6) is 5.75 Å². The SMILES string of the molecule is CC[Si](C)(C)CCCCCOc1ccc(CCC(N)(CO)CO)cc1. The predicted molar refractivity (Wildman–Crippen MR) is 108 cm³/mol. The highest BCUT2D eigenvalue weighted by atomic mass is 28.3. The van der Waals surface area contributed by atoms with E-state index in [9.17, 15) is 10.2 Å². The second-order valence-corrected chi connectivity index (χ2v) is 13.5. The fraction of sp³-hybridized carbons (Fsp3) is 0.700. The van der Waals surface area contributed by atoms with Gasteiger partial charge in [0.2, 0.25) is 0 Å². The summed E-state index contributed by atoms with van der Waals surface area (Å²) in [6, 6.07) is 10.8. The van der Waals surface area contributed by atoms with E-state index >= 15 is 0 Å². The molecule has 25 heavy (non-hydrogen) atoms. The molecule has 4 nitrogen and oxygen atoms in total. The van der Waals surface area contributed by atoms with Crippen LogP contribution in [0.3, 0.4) is 0 Å². The maximum Gasteiger partial charge on any atom is 0.119 e. The summed E-state index contributed by atoms with van der Waals surface area (Å²) in [4.78, 5) is 0. The number of aliphatic hydroxyl groups is 2. The Hall–Kier alpha value is -0.883. The van der Waals surface area contributed by atoms with Gasteiger partial charge < -0.3 is 20.7 Å². The molecule has 1 rings (SSSR count). The van der Waals surface area contributed by atoms with E-state index < -0.39 is 13.6 Å². The minimum atomic E-state index is -0.916. The van der Waals surface area contributed by atoms with Crippen molar-refractivity contribution < 1.29 is 14.9 Å². The third kappa shape index (κ3) is 8.86. The lowest BCUT2D eigenvalue weighted by Gasteiger charge is -2.24. The lowest BCUT2D eigenvalue weighted by atomic mass is 9.94. The van der Waals surface area contributed by atoms with Crippen molar-refractivity contribution >= 4 is 8.07 Å². The van der Waals surface area contributed by atoms with Crippen molar-refractivity contribution in [3.8, 4) is 5.75 Å². The molecule has 0 saturated carbocycles. The van der Waals surface area contributed by atoms with Crippen LogP contribution in [0.25, 0.3) is 0 Å². The number of benzene rings is 1. The Bertz CT molecular complexity index is 472. The zero-order chi connectivity index (χ0) is 18.8. The molecular formula is C20H37NO3Si. The number of ether oxygens (including phenoxy) is 1. The Balaban J connectivity index is 2.24. The van der Waals surface area contributed by atoms with Gasteiger partial charge >= 0.3 is 0 Å². The highest BCUT2D eigenvalue weighted by Crippen LogP contribution is 2.19. The van der Waals surface area contributed by atoms with E-state index in [4.69, 9.17) is 10.5 Å². The highest BCUT2D eigenvalue weighted by molar-refractivity contribution is 6.77. The van der Waals surface area contributed by atoms with Gasteiger partial charge in [0.15, 0.2) is 0 Å². The van der Waals surface area contributed by atoms with Crippen molar-refractivity contribution in [1.82, 2.24) is 0 Å². The second kappa shape index (κ2) is 11.0. The molecule has 144 valence electrons. The average molecular weight is 368 g/mol. The van der Waals surface area contributed by atoms with Gasteiger partial charge in [0, 0.05) is 8.07 Å². The summed E-state index contributed by atoms with van der Waals surface area (Å²) in [5.74, 6) is 0.898. The van der Waals surface area contributed by atoms with Crippen LogP contribution in [0.15, 0.2) is 24.3 Å². The lowest BCUT2D eigenvalue weighted by molar-refractivity contribution is 0.115. The standard InChI is InChI=1S/C20H37NO3Si/c1-4-25(2,3)15-7-5-6-14-24-19-10-8-18(9-11-19)12-13-20(21,16-22)17-23/h8-11,22-23H,4-7,12-17,21H2,1-3H3. The van der Waals surface area contributed by atoms with Crippen LogP contribution < -0.4 is 10.5 Å². The quantitative estimate of drug-likeness (QED) is 0.368. The summed E-state index contributed by atoms with van der Waals surface area (Å²) >= 11 is 0. The van der Waals surface area contributed by atoms with E-state index in [2.05, 4.69) is 20.0 Å². The van der Waals surface area contributed by atoms with Crippen LogP contribution >= 0.6 is 0 Å². The molecule has 0 atom stereocenters. The third-order valence-electron chi connectivity index (χ3n) is 5.19. The van der Waals surface area contributed by atoms with E-state index in [0.29, 0.717) is 6.42 Å². The molecule has 0 heterocycles. The van der Waals surface area contributed by atoms with Gasteiger partial charge in [-0.15, -0.1) is 0 Å². The summed E-state index contributed by atoms with van der Waals surface area (Å²) in [7, 11) is -0.916. The Morgan fingerprint density at radius 2 is 1.68 bits per heavy atom. The molecule has 0 aliphatic rings. The lowest BCUT2D eigenvalue weighted by Crippen LogP contribution is -2.47. The third-order valence-corrected chi connectivity index (χ3v) is 8.81. The van der Waals surface area contributed by atoms with Crippen LogP contribution in [0.2, 0.25) is 25.2 Å². The molecule has 4 N–H and O–H groups in total. The van der Waals surface area contributed by atoms with Crippen LogP contribution in [-0.4, -0.2) is 43.6 Å². The van der Waals surface area contributed by atoms with Gasteiger partial charge in [-0.2, -0.15) is 0 Å².